The monoisotopic (exact) mass is 392 g/mol. The van der Waals surface area contributed by atoms with Crippen LogP contribution >= 0.6 is 11.8 Å². The molecule has 0 amide bonds. The Morgan fingerprint density at radius 2 is 2.11 bits per heavy atom. The van der Waals surface area contributed by atoms with Crippen molar-refractivity contribution in [3.8, 4) is 11.5 Å². The van der Waals surface area contributed by atoms with Gasteiger partial charge < -0.3 is 18.8 Å². The molecular formula is C19H28N4O3S. The molecule has 1 aliphatic rings. The molecule has 27 heavy (non-hydrogen) atoms. The van der Waals surface area contributed by atoms with E-state index in [0.29, 0.717) is 6.54 Å². The molecule has 8 heteroatoms. The van der Waals surface area contributed by atoms with Gasteiger partial charge in [-0.2, -0.15) is 0 Å². The summed E-state index contributed by atoms with van der Waals surface area (Å²) in [4.78, 5) is 2.21. The maximum Gasteiger partial charge on any atom is 0.191 e. The lowest BCUT2D eigenvalue weighted by Crippen LogP contribution is -2.23. The fraction of sp³-hybridized carbons (Fsp3) is 0.579. The number of thioether (sulfide) groups is 1. The summed E-state index contributed by atoms with van der Waals surface area (Å²) >= 11 is 1.62. The summed E-state index contributed by atoms with van der Waals surface area (Å²) in [5.41, 5.74) is 1.08. The highest BCUT2D eigenvalue weighted by Crippen LogP contribution is 2.26. The van der Waals surface area contributed by atoms with Gasteiger partial charge in [-0.1, -0.05) is 11.8 Å². The van der Waals surface area contributed by atoms with E-state index in [0.717, 1.165) is 60.6 Å². The lowest BCUT2D eigenvalue weighted by Gasteiger charge is -2.20. The third-order valence-electron chi connectivity index (χ3n) is 4.73. The Hall–Kier alpha value is -1.77. The van der Waals surface area contributed by atoms with E-state index in [4.69, 9.17) is 14.2 Å². The second-order valence-corrected chi connectivity index (χ2v) is 7.47. The first kappa shape index (κ1) is 20.0. The molecule has 0 N–H and O–H groups in total. The molecule has 0 saturated carbocycles. The Morgan fingerprint density at radius 3 is 2.78 bits per heavy atom. The van der Waals surface area contributed by atoms with Gasteiger partial charge in [0.15, 0.2) is 5.16 Å². The smallest absolute Gasteiger partial charge is 0.191 e. The quantitative estimate of drug-likeness (QED) is 0.608. The highest BCUT2D eigenvalue weighted by Gasteiger charge is 2.21. The number of nitrogens with zero attached hydrogens (tertiary/aromatic N) is 4. The number of rotatable bonds is 9. The fourth-order valence-corrected chi connectivity index (χ4v) is 3.88. The maximum atomic E-state index is 5.81. The third-order valence-corrected chi connectivity index (χ3v) is 5.39. The van der Waals surface area contributed by atoms with Gasteiger partial charge in [0.25, 0.3) is 0 Å². The van der Waals surface area contributed by atoms with E-state index in [2.05, 4.69) is 26.7 Å². The molecule has 0 bridgehead atoms. The van der Waals surface area contributed by atoms with Crippen molar-refractivity contribution >= 4 is 11.8 Å². The summed E-state index contributed by atoms with van der Waals surface area (Å²) in [6, 6.07) is 5.86. The first-order chi connectivity index (χ1) is 13.1. The third kappa shape index (κ3) is 4.94. The summed E-state index contributed by atoms with van der Waals surface area (Å²) in [5.74, 6) is 2.64. The molecule has 7 nitrogen and oxygen atoms in total. The van der Waals surface area contributed by atoms with Crippen LogP contribution in [0.3, 0.4) is 0 Å². The zero-order valence-electron chi connectivity index (χ0n) is 16.5. The summed E-state index contributed by atoms with van der Waals surface area (Å²) in [5, 5.41) is 9.71. The van der Waals surface area contributed by atoms with E-state index >= 15 is 0 Å². The van der Waals surface area contributed by atoms with Crippen molar-refractivity contribution in [2.75, 3.05) is 34.1 Å². The normalized spacial score (nSPS) is 16.9. The lowest BCUT2D eigenvalue weighted by molar-refractivity contribution is 0.0934. The van der Waals surface area contributed by atoms with Crippen LogP contribution in [0.4, 0.5) is 0 Å². The van der Waals surface area contributed by atoms with Crippen LogP contribution in [0.1, 0.15) is 24.2 Å². The molecular weight excluding hydrogens is 364 g/mol. The molecule has 1 aliphatic heterocycles. The highest BCUT2D eigenvalue weighted by molar-refractivity contribution is 7.98. The first-order valence-corrected chi connectivity index (χ1v) is 10.3. The number of ether oxygens (including phenoxy) is 3. The molecule has 1 aromatic heterocycles. The maximum absolute atomic E-state index is 5.81. The van der Waals surface area contributed by atoms with E-state index in [9.17, 15) is 0 Å². The van der Waals surface area contributed by atoms with Gasteiger partial charge in [0.2, 0.25) is 0 Å². The van der Waals surface area contributed by atoms with Crippen molar-refractivity contribution in [1.29, 1.82) is 0 Å². The van der Waals surface area contributed by atoms with Crippen LogP contribution in [0.15, 0.2) is 23.4 Å². The van der Waals surface area contributed by atoms with Crippen molar-refractivity contribution < 1.29 is 14.2 Å². The number of hydrogen-bond acceptors (Lipinski definition) is 7. The van der Waals surface area contributed by atoms with Gasteiger partial charge in [0.05, 0.1) is 33.4 Å². The topological polar surface area (TPSA) is 61.6 Å². The Morgan fingerprint density at radius 1 is 1.26 bits per heavy atom. The largest absolute Gasteiger partial charge is 0.497 e. The van der Waals surface area contributed by atoms with Gasteiger partial charge >= 0.3 is 0 Å². The second kappa shape index (κ2) is 9.43. The minimum absolute atomic E-state index is 0.259. The Balaban J connectivity index is 1.72. The van der Waals surface area contributed by atoms with Crippen molar-refractivity contribution in [1.82, 2.24) is 19.7 Å². The van der Waals surface area contributed by atoms with Crippen molar-refractivity contribution in [3.05, 3.63) is 29.6 Å². The predicted molar refractivity (Wildman–Crippen MR) is 105 cm³/mol. The van der Waals surface area contributed by atoms with E-state index in [1.54, 1.807) is 26.0 Å². The minimum Gasteiger partial charge on any atom is -0.497 e. The molecule has 2 aromatic rings. The number of aromatic nitrogens is 3. The Bertz CT molecular complexity index is 747. The minimum atomic E-state index is 0.259. The van der Waals surface area contributed by atoms with Gasteiger partial charge in [-0.15, -0.1) is 10.2 Å². The van der Waals surface area contributed by atoms with Crippen LogP contribution < -0.4 is 9.47 Å². The van der Waals surface area contributed by atoms with Crippen LogP contribution in [-0.4, -0.2) is 59.9 Å². The number of benzene rings is 1. The van der Waals surface area contributed by atoms with Gasteiger partial charge in [0, 0.05) is 18.7 Å². The molecule has 1 fully saturated rings. The molecule has 1 aromatic carbocycles. The average Bonchev–Trinajstić information content (AvgIpc) is 3.32. The number of hydrogen-bond donors (Lipinski definition) is 0. The summed E-state index contributed by atoms with van der Waals surface area (Å²) in [6.07, 6.45) is 4.52. The lowest BCUT2D eigenvalue weighted by atomic mass is 10.1. The fourth-order valence-electron chi connectivity index (χ4n) is 3.36. The Labute approximate surface area is 165 Å². The molecule has 1 saturated heterocycles. The molecule has 0 spiro atoms. The summed E-state index contributed by atoms with van der Waals surface area (Å²) < 4.78 is 18.8. The zero-order valence-corrected chi connectivity index (χ0v) is 17.3. The highest BCUT2D eigenvalue weighted by atomic mass is 32.2. The van der Waals surface area contributed by atoms with Crippen molar-refractivity contribution in [2.45, 2.75) is 43.7 Å². The molecule has 0 unspecified atom stereocenters. The molecule has 0 radical (unpaired) electrons. The predicted octanol–water partition coefficient (Wildman–Crippen LogP) is 2.83. The Kier molecular flexibility index (Phi) is 6.98. The van der Waals surface area contributed by atoms with Crippen LogP contribution in [0.25, 0.3) is 0 Å². The SMILES string of the molecule is COc1ccc(OC)c(CN(C)Cc2nnc(SC)n2C[C@H]2CCCO2)c1. The standard InChI is InChI=1S/C19H28N4O3S/c1-22(11-14-10-15(24-2)7-8-17(14)25-3)13-18-20-21-19(27-4)23(18)12-16-6-5-9-26-16/h7-8,10,16H,5-6,9,11-13H2,1-4H3/t16-/m1/s1. The van der Waals surface area contributed by atoms with Crippen LogP contribution in [0.2, 0.25) is 0 Å². The van der Waals surface area contributed by atoms with Crippen molar-refractivity contribution in [2.24, 2.45) is 0 Å². The molecule has 3 rings (SSSR count). The summed E-state index contributed by atoms with van der Waals surface area (Å²) in [6.45, 7) is 3.09. The van der Waals surface area contributed by atoms with Crippen LogP contribution in [-0.2, 0) is 24.4 Å². The van der Waals surface area contributed by atoms with E-state index in [1.165, 1.54) is 0 Å². The van der Waals surface area contributed by atoms with E-state index in [1.807, 2.05) is 24.5 Å². The number of methoxy groups -OCH3 is 2. The molecule has 0 aliphatic carbocycles. The van der Waals surface area contributed by atoms with Gasteiger partial charge in [-0.3, -0.25) is 4.90 Å². The molecule has 148 valence electrons. The average molecular weight is 393 g/mol. The zero-order chi connectivity index (χ0) is 19.2. The van der Waals surface area contributed by atoms with Crippen molar-refractivity contribution in [3.63, 3.8) is 0 Å². The second-order valence-electron chi connectivity index (χ2n) is 6.70. The van der Waals surface area contributed by atoms with Gasteiger partial charge in [-0.05, 0) is 44.3 Å². The molecule has 1 atom stereocenters. The van der Waals surface area contributed by atoms with Crippen LogP contribution in [0.5, 0.6) is 11.5 Å². The summed E-state index contributed by atoms with van der Waals surface area (Å²) in [7, 11) is 5.43. The van der Waals surface area contributed by atoms with Gasteiger partial charge in [-0.25, -0.2) is 0 Å². The first-order valence-electron chi connectivity index (χ1n) is 9.11. The van der Waals surface area contributed by atoms with Gasteiger partial charge in [0.1, 0.15) is 17.3 Å². The van der Waals surface area contributed by atoms with E-state index < -0.39 is 0 Å². The van der Waals surface area contributed by atoms with Crippen LogP contribution in [0, 0.1) is 0 Å². The molecule has 2 heterocycles. The van der Waals surface area contributed by atoms with E-state index in [-0.39, 0.29) is 6.10 Å².